The number of pyridine rings is 2. The first-order chi connectivity index (χ1) is 9.42. The van der Waals surface area contributed by atoms with Gasteiger partial charge in [0, 0.05) is 44.9 Å². The number of aromatic amines is 2. The maximum Gasteiger partial charge on any atom is 0.0412 e. The zero-order chi connectivity index (χ0) is 14.7. The van der Waals surface area contributed by atoms with E-state index in [9.17, 15) is 0 Å². The lowest BCUT2D eigenvalue weighted by atomic mass is 10.2. The number of aromatic nitrogens is 2. The van der Waals surface area contributed by atoms with Crippen LogP contribution in [0.15, 0.2) is 24.3 Å². The predicted octanol–water partition coefficient (Wildman–Crippen LogP) is 4.05. The molecule has 20 heavy (non-hydrogen) atoms. The van der Waals surface area contributed by atoms with Crippen molar-refractivity contribution < 1.29 is 0 Å². The van der Waals surface area contributed by atoms with Gasteiger partial charge in [-0.05, 0) is 45.2 Å². The molecule has 5 heteroatoms. The lowest BCUT2D eigenvalue weighted by Crippen LogP contribution is -2.19. The molecule has 0 unspecified atom stereocenters. The second kappa shape index (κ2) is 6.43. The van der Waals surface area contributed by atoms with Gasteiger partial charge < -0.3 is 9.97 Å². The van der Waals surface area contributed by atoms with Gasteiger partial charge in [-0.1, -0.05) is 24.4 Å². The summed E-state index contributed by atoms with van der Waals surface area (Å²) < 4.78 is 1.75. The molecule has 0 aliphatic heterocycles. The smallest absolute Gasteiger partial charge is 0.0412 e. The van der Waals surface area contributed by atoms with E-state index in [4.69, 9.17) is 24.4 Å². The first-order valence-corrected chi connectivity index (χ1v) is 7.32. The molecule has 0 spiro atoms. The Balaban J connectivity index is 2.10. The van der Waals surface area contributed by atoms with Crippen molar-refractivity contribution in [3.05, 3.63) is 56.1 Å². The van der Waals surface area contributed by atoms with Gasteiger partial charge in [0.2, 0.25) is 0 Å². The minimum atomic E-state index is 0.819. The summed E-state index contributed by atoms with van der Waals surface area (Å²) in [6, 6.07) is 7.96. The number of aryl methyl sites for hydroxylation is 2. The van der Waals surface area contributed by atoms with Crippen molar-refractivity contribution >= 4 is 24.4 Å². The number of hydrogen-bond acceptors (Lipinski definition) is 3. The molecular weight excluding hydrogens is 286 g/mol. The van der Waals surface area contributed by atoms with Gasteiger partial charge in [0.15, 0.2) is 0 Å². The molecule has 2 aromatic heterocycles. The molecule has 0 saturated heterocycles. The molecule has 0 aliphatic rings. The summed E-state index contributed by atoms with van der Waals surface area (Å²) in [6.45, 7) is 5.69. The summed E-state index contributed by atoms with van der Waals surface area (Å²) in [6.07, 6.45) is 0. The molecular formula is C15H19N3S2. The Morgan fingerprint density at radius 1 is 0.850 bits per heavy atom. The highest BCUT2D eigenvalue weighted by atomic mass is 32.1. The van der Waals surface area contributed by atoms with Gasteiger partial charge in [-0.2, -0.15) is 0 Å². The molecule has 0 aliphatic carbocycles. The first-order valence-electron chi connectivity index (χ1n) is 6.50. The highest BCUT2D eigenvalue weighted by Crippen LogP contribution is 2.08. The van der Waals surface area contributed by atoms with E-state index in [2.05, 4.69) is 21.9 Å². The Labute approximate surface area is 129 Å². The Morgan fingerprint density at radius 3 is 1.60 bits per heavy atom. The first kappa shape index (κ1) is 15.1. The second-order valence-corrected chi connectivity index (χ2v) is 6.16. The van der Waals surface area contributed by atoms with Gasteiger partial charge in [-0.25, -0.2) is 0 Å². The van der Waals surface area contributed by atoms with Gasteiger partial charge in [-0.15, -0.1) is 0 Å². The van der Waals surface area contributed by atoms with Gasteiger partial charge in [0.1, 0.15) is 0 Å². The van der Waals surface area contributed by atoms with E-state index in [1.165, 1.54) is 0 Å². The van der Waals surface area contributed by atoms with Crippen LogP contribution in [-0.2, 0) is 13.1 Å². The zero-order valence-electron chi connectivity index (χ0n) is 12.0. The fourth-order valence-electron chi connectivity index (χ4n) is 2.31. The number of hydrogen-bond donors (Lipinski definition) is 2. The van der Waals surface area contributed by atoms with E-state index in [1.54, 1.807) is 0 Å². The minimum Gasteiger partial charge on any atom is -0.361 e. The lowest BCUT2D eigenvalue weighted by Gasteiger charge is -2.17. The van der Waals surface area contributed by atoms with Crippen molar-refractivity contribution in [1.29, 1.82) is 0 Å². The topological polar surface area (TPSA) is 34.8 Å². The van der Waals surface area contributed by atoms with Crippen LogP contribution in [0.1, 0.15) is 22.8 Å². The van der Waals surface area contributed by atoms with Crippen molar-refractivity contribution in [2.45, 2.75) is 26.9 Å². The predicted molar refractivity (Wildman–Crippen MR) is 87.9 cm³/mol. The van der Waals surface area contributed by atoms with Crippen molar-refractivity contribution in [3.63, 3.8) is 0 Å². The third-order valence-corrected chi connectivity index (χ3v) is 3.42. The fourth-order valence-corrected chi connectivity index (χ4v) is 2.95. The van der Waals surface area contributed by atoms with Crippen LogP contribution >= 0.6 is 24.4 Å². The van der Waals surface area contributed by atoms with E-state index in [-0.39, 0.29) is 0 Å². The highest BCUT2D eigenvalue weighted by molar-refractivity contribution is 7.71. The summed E-state index contributed by atoms with van der Waals surface area (Å²) in [5.74, 6) is 0. The molecule has 0 aromatic carbocycles. The maximum atomic E-state index is 5.25. The van der Waals surface area contributed by atoms with Crippen LogP contribution in [-0.4, -0.2) is 21.9 Å². The standard InChI is InChI=1S/C15H19N3S2/c1-10-4-14(19)6-12(16-10)8-18(3)9-13-7-15(20)5-11(2)17-13/h4-7H,8-9H2,1-3H3,(H,16,19)(H,17,20). The van der Waals surface area contributed by atoms with Gasteiger partial charge in [0.25, 0.3) is 0 Å². The van der Waals surface area contributed by atoms with Gasteiger partial charge in [0.05, 0.1) is 0 Å². The molecule has 0 fully saturated rings. The Morgan fingerprint density at radius 2 is 1.25 bits per heavy atom. The molecule has 106 valence electrons. The van der Waals surface area contributed by atoms with Crippen molar-refractivity contribution in [2.24, 2.45) is 0 Å². The van der Waals surface area contributed by atoms with E-state index in [1.807, 2.05) is 38.1 Å². The average molecular weight is 305 g/mol. The normalized spacial score (nSPS) is 11.0. The average Bonchev–Trinajstić information content (AvgIpc) is 2.24. The quantitative estimate of drug-likeness (QED) is 0.836. The number of rotatable bonds is 4. The molecule has 2 rings (SSSR count). The van der Waals surface area contributed by atoms with Crippen LogP contribution < -0.4 is 0 Å². The van der Waals surface area contributed by atoms with Gasteiger partial charge >= 0.3 is 0 Å². The lowest BCUT2D eigenvalue weighted by molar-refractivity contribution is 0.311. The van der Waals surface area contributed by atoms with Crippen LogP contribution in [0.4, 0.5) is 0 Å². The number of nitrogens with one attached hydrogen (secondary N) is 2. The van der Waals surface area contributed by atoms with Crippen molar-refractivity contribution in [1.82, 2.24) is 14.9 Å². The summed E-state index contributed by atoms with van der Waals surface area (Å²) >= 11 is 10.5. The fraction of sp³-hybridized carbons (Fsp3) is 0.333. The molecule has 0 radical (unpaired) electrons. The molecule has 2 N–H and O–H groups in total. The number of nitrogens with zero attached hydrogens (tertiary/aromatic N) is 1. The highest BCUT2D eigenvalue weighted by Gasteiger charge is 2.04. The summed E-state index contributed by atoms with van der Waals surface area (Å²) in [5.41, 5.74) is 4.44. The van der Waals surface area contributed by atoms with Crippen molar-refractivity contribution in [3.8, 4) is 0 Å². The molecule has 3 nitrogen and oxygen atoms in total. The van der Waals surface area contributed by atoms with Crippen LogP contribution in [0.2, 0.25) is 0 Å². The third kappa shape index (κ3) is 4.37. The van der Waals surface area contributed by atoms with Crippen LogP contribution in [0.25, 0.3) is 0 Å². The summed E-state index contributed by atoms with van der Waals surface area (Å²) in [7, 11) is 2.08. The van der Waals surface area contributed by atoms with E-state index in [0.29, 0.717) is 0 Å². The third-order valence-electron chi connectivity index (χ3n) is 2.95. The Hall–Kier alpha value is -1.30. The van der Waals surface area contributed by atoms with Gasteiger partial charge in [-0.3, -0.25) is 4.90 Å². The SMILES string of the molecule is Cc1cc(=S)cc(CN(C)Cc2cc(=S)cc(C)[nH]2)[nH]1. The molecule has 0 saturated carbocycles. The summed E-state index contributed by atoms with van der Waals surface area (Å²) in [4.78, 5) is 8.92. The van der Waals surface area contributed by atoms with Crippen LogP contribution in [0.5, 0.6) is 0 Å². The molecule has 2 heterocycles. The maximum absolute atomic E-state index is 5.25. The molecule has 0 amide bonds. The molecule has 2 aromatic rings. The van der Waals surface area contributed by atoms with Crippen LogP contribution in [0, 0.1) is 22.9 Å². The van der Waals surface area contributed by atoms with Crippen LogP contribution in [0.3, 0.4) is 0 Å². The second-order valence-electron chi connectivity index (χ2n) is 5.22. The largest absolute Gasteiger partial charge is 0.361 e. The van der Waals surface area contributed by atoms with E-state index >= 15 is 0 Å². The Kier molecular flexibility index (Phi) is 4.86. The van der Waals surface area contributed by atoms with E-state index < -0.39 is 0 Å². The number of H-pyrrole nitrogens is 2. The monoisotopic (exact) mass is 305 g/mol. The molecule has 0 bridgehead atoms. The molecule has 0 atom stereocenters. The van der Waals surface area contributed by atoms with Crippen molar-refractivity contribution in [2.75, 3.05) is 7.05 Å². The zero-order valence-corrected chi connectivity index (χ0v) is 13.6. The Bertz CT molecular complexity index is 654. The minimum absolute atomic E-state index is 0.819. The summed E-state index contributed by atoms with van der Waals surface area (Å²) in [5, 5.41) is 0. The van der Waals surface area contributed by atoms with E-state index in [0.717, 1.165) is 44.9 Å².